The third-order valence-electron chi connectivity index (χ3n) is 2.99. The van der Waals surface area contributed by atoms with E-state index in [1.807, 2.05) is 0 Å². The van der Waals surface area contributed by atoms with E-state index >= 15 is 0 Å². The molecule has 1 aliphatic carbocycles. The summed E-state index contributed by atoms with van der Waals surface area (Å²) in [6.45, 7) is 0.170. The van der Waals surface area contributed by atoms with E-state index in [2.05, 4.69) is 5.10 Å². The number of nitrogens with zero attached hydrogens (tertiary/aromatic N) is 3. The smallest absolute Gasteiger partial charge is 0.305 e. The molecular weight excluding hydrogens is 250 g/mol. The fraction of sp³-hybridized carbons (Fsp3) is 0.500. The molecule has 0 radical (unpaired) electrons. The first-order valence-electron chi connectivity index (χ1n) is 6.06. The summed E-state index contributed by atoms with van der Waals surface area (Å²) >= 11 is 0. The van der Waals surface area contributed by atoms with Gasteiger partial charge in [-0.25, -0.2) is 4.68 Å². The molecule has 0 spiro atoms. The zero-order valence-corrected chi connectivity index (χ0v) is 10.6. The third kappa shape index (κ3) is 3.18. The van der Waals surface area contributed by atoms with E-state index in [1.165, 1.54) is 24.1 Å². The minimum absolute atomic E-state index is 0.0893. The zero-order valence-electron chi connectivity index (χ0n) is 10.6. The Morgan fingerprint density at radius 1 is 1.47 bits per heavy atom. The summed E-state index contributed by atoms with van der Waals surface area (Å²) in [4.78, 5) is 35.6. The van der Waals surface area contributed by atoms with Gasteiger partial charge >= 0.3 is 5.97 Å². The van der Waals surface area contributed by atoms with E-state index in [1.54, 1.807) is 0 Å². The molecule has 0 unspecified atom stereocenters. The monoisotopic (exact) mass is 265 g/mol. The van der Waals surface area contributed by atoms with Crippen LogP contribution in [0.3, 0.4) is 0 Å². The number of carbonyl (C=O) groups excluding carboxylic acids is 1. The highest BCUT2D eigenvalue weighted by Gasteiger charge is 2.33. The largest absolute Gasteiger partial charge is 0.481 e. The first kappa shape index (κ1) is 13.3. The van der Waals surface area contributed by atoms with Gasteiger partial charge in [-0.15, -0.1) is 0 Å². The number of aliphatic carboxylic acids is 1. The fourth-order valence-electron chi connectivity index (χ4n) is 1.82. The summed E-state index contributed by atoms with van der Waals surface area (Å²) in [5.41, 5.74) is -0.126. The van der Waals surface area contributed by atoms with E-state index < -0.39 is 5.97 Å². The van der Waals surface area contributed by atoms with Crippen molar-refractivity contribution in [3.05, 3.63) is 28.2 Å². The van der Waals surface area contributed by atoms with E-state index in [0.717, 1.165) is 17.5 Å². The van der Waals surface area contributed by atoms with Crippen LogP contribution in [0.2, 0.25) is 0 Å². The molecule has 1 fully saturated rings. The van der Waals surface area contributed by atoms with Crippen LogP contribution in [-0.2, 0) is 11.8 Å². The lowest BCUT2D eigenvalue weighted by Crippen LogP contribution is -2.36. The predicted octanol–water partition coefficient (Wildman–Crippen LogP) is -0.140. The Hall–Kier alpha value is -2.18. The van der Waals surface area contributed by atoms with Crippen molar-refractivity contribution in [3.8, 4) is 0 Å². The van der Waals surface area contributed by atoms with Crippen molar-refractivity contribution in [3.63, 3.8) is 0 Å². The molecule has 0 saturated heterocycles. The van der Waals surface area contributed by atoms with Crippen LogP contribution in [0.1, 0.15) is 29.8 Å². The van der Waals surface area contributed by atoms with Gasteiger partial charge in [0.1, 0.15) is 5.69 Å². The SMILES string of the molecule is Cn1nc(C(=O)N(CCC(=O)O)C2CC2)ccc1=O. The number of aryl methyl sites for hydroxylation is 1. The molecule has 102 valence electrons. The van der Waals surface area contributed by atoms with Gasteiger partial charge in [0.15, 0.2) is 0 Å². The van der Waals surface area contributed by atoms with Crippen molar-refractivity contribution >= 4 is 11.9 Å². The van der Waals surface area contributed by atoms with Gasteiger partial charge in [-0.2, -0.15) is 5.10 Å². The number of amides is 1. The Kier molecular flexibility index (Phi) is 3.64. The Labute approximate surface area is 109 Å². The number of carboxylic acid groups (broad SMARTS) is 1. The molecule has 2 rings (SSSR count). The van der Waals surface area contributed by atoms with Gasteiger partial charge in [-0.1, -0.05) is 0 Å². The van der Waals surface area contributed by atoms with Crippen molar-refractivity contribution in [1.82, 2.24) is 14.7 Å². The minimum atomic E-state index is -0.938. The van der Waals surface area contributed by atoms with Gasteiger partial charge < -0.3 is 10.0 Å². The van der Waals surface area contributed by atoms with Gasteiger partial charge in [0.25, 0.3) is 11.5 Å². The van der Waals surface area contributed by atoms with E-state index in [9.17, 15) is 14.4 Å². The molecule has 0 aromatic carbocycles. The second-order valence-electron chi connectivity index (χ2n) is 4.55. The van der Waals surface area contributed by atoms with Crippen molar-refractivity contribution in [2.45, 2.75) is 25.3 Å². The topological polar surface area (TPSA) is 92.5 Å². The Morgan fingerprint density at radius 2 is 2.16 bits per heavy atom. The summed E-state index contributed by atoms with van der Waals surface area (Å²) in [7, 11) is 1.47. The lowest BCUT2D eigenvalue weighted by atomic mass is 10.3. The van der Waals surface area contributed by atoms with Gasteiger partial charge in [0.05, 0.1) is 6.42 Å². The highest BCUT2D eigenvalue weighted by atomic mass is 16.4. The molecule has 19 heavy (non-hydrogen) atoms. The van der Waals surface area contributed by atoms with Gasteiger partial charge in [0.2, 0.25) is 0 Å². The highest BCUT2D eigenvalue weighted by molar-refractivity contribution is 5.92. The molecule has 0 bridgehead atoms. The van der Waals surface area contributed by atoms with Crippen LogP contribution < -0.4 is 5.56 Å². The van der Waals surface area contributed by atoms with Crippen molar-refractivity contribution in [2.75, 3.05) is 6.54 Å². The van der Waals surface area contributed by atoms with Gasteiger partial charge in [-0.05, 0) is 18.9 Å². The maximum absolute atomic E-state index is 12.3. The lowest BCUT2D eigenvalue weighted by molar-refractivity contribution is -0.137. The van der Waals surface area contributed by atoms with Crippen LogP contribution in [-0.4, -0.2) is 44.3 Å². The van der Waals surface area contributed by atoms with E-state index in [0.29, 0.717) is 0 Å². The first-order valence-corrected chi connectivity index (χ1v) is 6.06. The molecule has 1 aliphatic rings. The standard InChI is InChI=1S/C12H15N3O4/c1-14-10(16)5-4-9(13-14)12(19)15(8-2-3-8)7-6-11(17)18/h4-5,8H,2-3,6-7H2,1H3,(H,17,18). The van der Waals surface area contributed by atoms with Crippen LogP contribution >= 0.6 is 0 Å². The quantitative estimate of drug-likeness (QED) is 0.800. The number of aromatic nitrogens is 2. The molecule has 0 atom stereocenters. The van der Waals surface area contributed by atoms with E-state index in [4.69, 9.17) is 5.11 Å². The molecule has 1 aromatic heterocycles. The first-order chi connectivity index (χ1) is 8.99. The van der Waals surface area contributed by atoms with E-state index in [-0.39, 0.29) is 36.2 Å². The Morgan fingerprint density at radius 3 is 2.68 bits per heavy atom. The maximum atomic E-state index is 12.3. The minimum Gasteiger partial charge on any atom is -0.481 e. The normalized spacial score (nSPS) is 14.2. The number of hydrogen-bond acceptors (Lipinski definition) is 4. The fourth-order valence-corrected chi connectivity index (χ4v) is 1.82. The average Bonchev–Trinajstić information content (AvgIpc) is 3.16. The lowest BCUT2D eigenvalue weighted by Gasteiger charge is -2.21. The number of carbonyl (C=O) groups is 2. The molecular formula is C12H15N3O4. The molecule has 1 amide bonds. The summed E-state index contributed by atoms with van der Waals surface area (Å²) in [6.07, 6.45) is 1.68. The number of rotatable bonds is 5. The van der Waals surface area contributed by atoms with Crippen LogP contribution in [0.15, 0.2) is 16.9 Å². The zero-order chi connectivity index (χ0) is 14.0. The summed E-state index contributed by atoms with van der Waals surface area (Å²) in [6, 6.07) is 2.76. The van der Waals surface area contributed by atoms with Crippen LogP contribution in [0, 0.1) is 0 Å². The van der Waals surface area contributed by atoms with Crippen molar-refractivity contribution < 1.29 is 14.7 Å². The van der Waals surface area contributed by atoms with Crippen molar-refractivity contribution in [2.24, 2.45) is 7.05 Å². The van der Waals surface area contributed by atoms with Crippen LogP contribution in [0.4, 0.5) is 0 Å². The Bertz CT molecular complexity index is 562. The van der Waals surface area contributed by atoms with Gasteiger partial charge in [0, 0.05) is 25.7 Å². The summed E-state index contributed by atoms with van der Waals surface area (Å²) in [5, 5.41) is 12.6. The molecule has 1 N–H and O–H groups in total. The molecule has 0 aliphatic heterocycles. The molecule has 7 heteroatoms. The summed E-state index contributed by atoms with van der Waals surface area (Å²) in [5.74, 6) is -1.26. The second kappa shape index (κ2) is 5.21. The average molecular weight is 265 g/mol. The number of carboxylic acids is 1. The highest BCUT2D eigenvalue weighted by Crippen LogP contribution is 2.28. The predicted molar refractivity (Wildman–Crippen MR) is 65.8 cm³/mol. The molecule has 1 heterocycles. The summed E-state index contributed by atoms with van der Waals surface area (Å²) < 4.78 is 1.09. The number of hydrogen-bond donors (Lipinski definition) is 1. The maximum Gasteiger partial charge on any atom is 0.305 e. The third-order valence-corrected chi connectivity index (χ3v) is 2.99. The molecule has 7 nitrogen and oxygen atoms in total. The second-order valence-corrected chi connectivity index (χ2v) is 4.55. The van der Waals surface area contributed by atoms with Crippen LogP contribution in [0.25, 0.3) is 0 Å². The van der Waals surface area contributed by atoms with Crippen molar-refractivity contribution in [1.29, 1.82) is 0 Å². The molecule has 1 saturated carbocycles. The van der Waals surface area contributed by atoms with Crippen LogP contribution in [0.5, 0.6) is 0 Å². The molecule has 1 aromatic rings. The Balaban J connectivity index is 2.16. The van der Waals surface area contributed by atoms with Gasteiger partial charge in [-0.3, -0.25) is 14.4 Å².